The van der Waals surface area contributed by atoms with Gasteiger partial charge in [-0.1, -0.05) is 0 Å². The van der Waals surface area contributed by atoms with Crippen LogP contribution in [-0.2, 0) is 31.7 Å². The van der Waals surface area contributed by atoms with E-state index in [1.807, 2.05) is 36.0 Å². The first-order valence-corrected chi connectivity index (χ1v) is 10.5. The lowest BCUT2D eigenvalue weighted by Gasteiger charge is -2.26. The number of fused-ring (bicyclic) bond motifs is 1. The molecule has 32 heavy (non-hydrogen) atoms. The summed E-state index contributed by atoms with van der Waals surface area (Å²) < 4.78 is 24.6. The fourth-order valence-corrected chi connectivity index (χ4v) is 3.95. The van der Waals surface area contributed by atoms with Crippen LogP contribution in [0.25, 0.3) is 22.2 Å². The third-order valence-electron chi connectivity index (χ3n) is 5.65. The Labute approximate surface area is 186 Å². The number of anilines is 1. The van der Waals surface area contributed by atoms with Crippen molar-refractivity contribution in [1.82, 2.24) is 14.5 Å². The highest BCUT2D eigenvalue weighted by atomic mass is 16.6. The van der Waals surface area contributed by atoms with Gasteiger partial charge < -0.3 is 28.8 Å². The summed E-state index contributed by atoms with van der Waals surface area (Å²) in [5, 5.41) is 3.67. The number of rotatable bonds is 8. The van der Waals surface area contributed by atoms with Crippen LogP contribution in [0.1, 0.15) is 19.0 Å². The molecule has 1 aliphatic rings. The third-order valence-corrected chi connectivity index (χ3v) is 5.65. The zero-order valence-corrected chi connectivity index (χ0v) is 18.8. The van der Waals surface area contributed by atoms with Gasteiger partial charge >= 0.3 is 0 Å². The lowest BCUT2D eigenvalue weighted by molar-refractivity contribution is -0.114. The summed E-state index contributed by atoms with van der Waals surface area (Å²) in [6, 6.07) is 5.68. The molecule has 3 aromatic rings. The van der Waals surface area contributed by atoms with Crippen LogP contribution in [-0.4, -0.2) is 61.1 Å². The van der Waals surface area contributed by atoms with Crippen LogP contribution in [0.4, 0.5) is 5.82 Å². The minimum Gasteiger partial charge on any atom is -0.491 e. The summed E-state index contributed by atoms with van der Waals surface area (Å²) in [6.07, 6.45) is 4.45. The number of ether oxygens (including phenoxy) is 4. The molecule has 1 atom stereocenters. The molecule has 9 nitrogen and oxygen atoms in total. The van der Waals surface area contributed by atoms with Crippen molar-refractivity contribution >= 4 is 22.6 Å². The van der Waals surface area contributed by atoms with E-state index in [4.69, 9.17) is 23.9 Å². The lowest BCUT2D eigenvalue weighted by atomic mass is 9.96. The predicted molar refractivity (Wildman–Crippen MR) is 120 cm³/mol. The zero-order chi connectivity index (χ0) is 22.7. The van der Waals surface area contributed by atoms with Crippen molar-refractivity contribution in [3.8, 4) is 17.0 Å². The molecule has 170 valence electrons. The van der Waals surface area contributed by atoms with E-state index in [1.165, 1.54) is 6.92 Å². The molecule has 4 heterocycles. The van der Waals surface area contributed by atoms with E-state index >= 15 is 0 Å². The second-order valence-corrected chi connectivity index (χ2v) is 7.84. The molecular formula is C23H28N4O5. The Morgan fingerprint density at radius 2 is 2.12 bits per heavy atom. The van der Waals surface area contributed by atoms with Gasteiger partial charge in [0.15, 0.2) is 0 Å². The van der Waals surface area contributed by atoms with Crippen molar-refractivity contribution in [1.29, 1.82) is 0 Å². The molecule has 1 saturated heterocycles. The van der Waals surface area contributed by atoms with Gasteiger partial charge in [0, 0.05) is 70.5 Å². The van der Waals surface area contributed by atoms with Crippen LogP contribution in [0, 0.1) is 0 Å². The number of aromatic nitrogens is 3. The van der Waals surface area contributed by atoms with E-state index in [0.717, 1.165) is 27.9 Å². The molecule has 9 heteroatoms. The van der Waals surface area contributed by atoms with Crippen LogP contribution >= 0.6 is 0 Å². The van der Waals surface area contributed by atoms with Gasteiger partial charge in [-0.15, -0.1) is 0 Å². The minimum absolute atomic E-state index is 0.174. The van der Waals surface area contributed by atoms with Gasteiger partial charge in [-0.2, -0.15) is 0 Å². The van der Waals surface area contributed by atoms with E-state index in [9.17, 15) is 4.79 Å². The first-order valence-electron chi connectivity index (χ1n) is 10.5. The molecule has 1 N–H and O–H groups in total. The number of pyridine rings is 2. The zero-order valence-electron chi connectivity index (χ0n) is 18.8. The van der Waals surface area contributed by atoms with Crippen molar-refractivity contribution in [2.45, 2.75) is 18.9 Å². The van der Waals surface area contributed by atoms with Crippen LogP contribution in [0.15, 0.2) is 30.6 Å². The molecule has 1 aliphatic heterocycles. The van der Waals surface area contributed by atoms with Crippen molar-refractivity contribution in [3.63, 3.8) is 0 Å². The number of nitrogens with zero attached hydrogens (tertiary/aromatic N) is 3. The number of methoxy groups -OCH3 is 2. The summed E-state index contributed by atoms with van der Waals surface area (Å²) in [6.45, 7) is 3.40. The van der Waals surface area contributed by atoms with E-state index in [1.54, 1.807) is 20.4 Å². The summed E-state index contributed by atoms with van der Waals surface area (Å²) in [5.74, 6) is 0.993. The topological polar surface area (TPSA) is 96.7 Å². The van der Waals surface area contributed by atoms with Gasteiger partial charge in [-0.3, -0.25) is 4.79 Å². The number of hydrogen-bond acceptors (Lipinski definition) is 7. The lowest BCUT2D eigenvalue weighted by Crippen LogP contribution is -2.30. The van der Waals surface area contributed by atoms with E-state index in [0.29, 0.717) is 44.4 Å². The van der Waals surface area contributed by atoms with Gasteiger partial charge in [-0.05, 0) is 6.07 Å². The van der Waals surface area contributed by atoms with Gasteiger partial charge in [0.1, 0.15) is 23.8 Å². The maximum absolute atomic E-state index is 11.5. The van der Waals surface area contributed by atoms with Crippen molar-refractivity contribution in [2.24, 2.45) is 7.05 Å². The SMILES string of the molecule is COCCOc1cc(-c2cn(C)c3cnc(NC(C)=O)cc23)nc(C2(OC)CCOC2)c1. The number of carbonyl (C=O) groups is 1. The molecule has 0 aromatic carbocycles. The smallest absolute Gasteiger partial charge is 0.222 e. The molecule has 0 bridgehead atoms. The maximum Gasteiger partial charge on any atom is 0.222 e. The van der Waals surface area contributed by atoms with Crippen LogP contribution in [0.5, 0.6) is 5.75 Å². The van der Waals surface area contributed by atoms with Gasteiger partial charge in [0.05, 0.1) is 36.3 Å². The number of aryl methyl sites for hydroxylation is 1. The first kappa shape index (κ1) is 22.2. The fourth-order valence-electron chi connectivity index (χ4n) is 3.95. The molecule has 1 amide bonds. The molecular weight excluding hydrogens is 412 g/mol. The highest BCUT2D eigenvalue weighted by Crippen LogP contribution is 2.38. The summed E-state index contributed by atoms with van der Waals surface area (Å²) in [7, 11) is 5.27. The van der Waals surface area contributed by atoms with E-state index in [-0.39, 0.29) is 5.91 Å². The number of nitrogens with one attached hydrogen (secondary N) is 1. The molecule has 1 unspecified atom stereocenters. The highest BCUT2D eigenvalue weighted by Gasteiger charge is 2.39. The highest BCUT2D eigenvalue weighted by molar-refractivity contribution is 5.98. The average Bonchev–Trinajstić information content (AvgIpc) is 3.39. The van der Waals surface area contributed by atoms with Crippen LogP contribution in [0.3, 0.4) is 0 Å². The minimum atomic E-state index is -0.622. The second kappa shape index (κ2) is 9.23. The van der Waals surface area contributed by atoms with Gasteiger partial charge in [-0.25, -0.2) is 9.97 Å². The van der Waals surface area contributed by atoms with Crippen molar-refractivity contribution < 1.29 is 23.7 Å². The van der Waals surface area contributed by atoms with Crippen LogP contribution in [0.2, 0.25) is 0 Å². The Kier molecular flexibility index (Phi) is 6.40. The molecule has 0 saturated carbocycles. The Morgan fingerprint density at radius 3 is 2.81 bits per heavy atom. The number of amides is 1. The summed E-state index contributed by atoms with van der Waals surface area (Å²) in [4.78, 5) is 20.8. The number of carbonyl (C=O) groups excluding carboxylic acids is 1. The van der Waals surface area contributed by atoms with Gasteiger partial charge in [0.25, 0.3) is 0 Å². The largest absolute Gasteiger partial charge is 0.491 e. The van der Waals surface area contributed by atoms with Gasteiger partial charge in [0.2, 0.25) is 5.91 Å². The molecule has 0 aliphatic carbocycles. The molecule has 0 radical (unpaired) electrons. The van der Waals surface area contributed by atoms with Crippen LogP contribution < -0.4 is 10.1 Å². The van der Waals surface area contributed by atoms with Crippen molar-refractivity contribution in [2.75, 3.05) is 46.0 Å². The monoisotopic (exact) mass is 440 g/mol. The molecule has 1 fully saturated rings. The third kappa shape index (κ3) is 4.32. The summed E-state index contributed by atoms with van der Waals surface area (Å²) in [5.41, 5.74) is 2.70. The fraction of sp³-hybridized carbons (Fsp3) is 0.435. The first-order chi connectivity index (χ1) is 15.5. The number of hydrogen-bond donors (Lipinski definition) is 1. The van der Waals surface area contributed by atoms with Crippen molar-refractivity contribution in [3.05, 3.63) is 36.3 Å². The van der Waals surface area contributed by atoms with E-state index in [2.05, 4.69) is 10.3 Å². The Balaban J connectivity index is 1.84. The standard InChI is InChI=1S/C23H28N4O5/c1-15(28)25-22-11-17-18(13-27(2)20(17)12-24-22)19-9-16(32-8-7-29-3)10-21(26-19)23(30-4)5-6-31-14-23/h9-13H,5-8,14H2,1-4H3,(H,24,25,28). The second-order valence-electron chi connectivity index (χ2n) is 7.84. The Hall–Kier alpha value is -3.01. The normalized spacial score (nSPS) is 18.2. The predicted octanol–water partition coefficient (Wildman–Crippen LogP) is 2.88. The van der Waals surface area contributed by atoms with E-state index < -0.39 is 5.60 Å². The maximum atomic E-state index is 11.5. The average molecular weight is 441 g/mol. The Bertz CT molecular complexity index is 1120. The quantitative estimate of drug-likeness (QED) is 0.538. The molecule has 0 spiro atoms. The molecule has 3 aromatic heterocycles. The Morgan fingerprint density at radius 1 is 1.28 bits per heavy atom. The molecule has 4 rings (SSSR count). The summed E-state index contributed by atoms with van der Waals surface area (Å²) >= 11 is 0.